The molecule has 0 fully saturated rings. The number of benzene rings is 3. The summed E-state index contributed by atoms with van der Waals surface area (Å²) in [5.74, 6) is 0.385. The lowest BCUT2D eigenvalue weighted by atomic mass is 9.93. The molecule has 0 heteroatoms. The molecular formula is C38H56. The van der Waals surface area contributed by atoms with E-state index < -0.39 is 0 Å². The highest BCUT2D eigenvalue weighted by Gasteiger charge is 2.28. The molecular weight excluding hydrogens is 456 g/mol. The Kier molecular flexibility index (Phi) is 21.3. The van der Waals surface area contributed by atoms with E-state index >= 15 is 0 Å². The van der Waals surface area contributed by atoms with Gasteiger partial charge in [-0.15, -0.1) is 19.7 Å². The first-order valence-corrected chi connectivity index (χ1v) is 12.9. The molecule has 0 aromatic heterocycles. The molecule has 38 heavy (non-hydrogen) atoms. The molecule has 0 saturated heterocycles. The Hall–Kier alpha value is -3.38. The smallest absolute Gasteiger partial charge is 0.00736 e. The van der Waals surface area contributed by atoms with Gasteiger partial charge in [-0.2, -0.15) is 0 Å². The zero-order chi connectivity index (χ0) is 26.4. The average molecular weight is 513 g/mol. The minimum absolute atomic E-state index is 0. The van der Waals surface area contributed by atoms with E-state index in [1.165, 1.54) is 43.8 Å². The first-order chi connectivity index (χ1) is 17.0. The van der Waals surface area contributed by atoms with Gasteiger partial charge >= 0.3 is 0 Å². The van der Waals surface area contributed by atoms with Crippen LogP contribution in [0.1, 0.15) is 93.7 Å². The lowest BCUT2D eigenvalue weighted by Crippen LogP contribution is -1.91. The standard InChI is InChI=1S/C28H28.C3H6.C2H6.C2H4.3CH4/c1-5-7-11-19(3)28-25(14-8-6-2)20(4)26-17-23-15-21-12-9-10-13-22(21)16-24(23)18-27(26)28;1-3-2;2*1-2;;;/h7-18,20H,3,5-6H2,1-2,4H3;3H,1H2,2H3;1-2H3;1-2H2;3*1H4/b11-7-,14-8-;;;;;;. The lowest BCUT2D eigenvalue weighted by molar-refractivity contribution is 0.947. The molecule has 0 radical (unpaired) electrons. The molecule has 1 unspecified atom stereocenters. The van der Waals surface area contributed by atoms with Gasteiger partial charge in [0.05, 0.1) is 0 Å². The first kappa shape index (κ1) is 39.1. The summed E-state index contributed by atoms with van der Waals surface area (Å²) < 4.78 is 0. The van der Waals surface area contributed by atoms with Crippen LogP contribution in [-0.4, -0.2) is 0 Å². The first-order valence-electron chi connectivity index (χ1n) is 12.9. The van der Waals surface area contributed by atoms with E-state index in [4.69, 9.17) is 0 Å². The maximum atomic E-state index is 4.42. The fraction of sp³-hybridized carbons (Fsp3) is 0.316. The van der Waals surface area contributed by atoms with Gasteiger partial charge in [-0.05, 0) is 93.4 Å². The number of rotatable bonds is 5. The van der Waals surface area contributed by atoms with Crippen LogP contribution in [0.2, 0.25) is 0 Å². The molecule has 0 amide bonds. The molecule has 0 spiro atoms. The predicted octanol–water partition coefficient (Wildman–Crippen LogP) is 13.3. The summed E-state index contributed by atoms with van der Waals surface area (Å²) in [6.07, 6.45) is 12.8. The summed E-state index contributed by atoms with van der Waals surface area (Å²) in [6, 6.07) is 18.0. The third-order valence-electron chi connectivity index (χ3n) is 5.77. The monoisotopic (exact) mass is 512 g/mol. The van der Waals surface area contributed by atoms with E-state index in [1.54, 1.807) is 6.08 Å². The summed E-state index contributed by atoms with van der Waals surface area (Å²) in [4.78, 5) is 0. The Bertz CT molecular complexity index is 1210. The number of hydrogen-bond donors (Lipinski definition) is 0. The van der Waals surface area contributed by atoms with Crippen molar-refractivity contribution in [3.8, 4) is 0 Å². The largest absolute Gasteiger partial charge is 0.106 e. The van der Waals surface area contributed by atoms with E-state index in [-0.39, 0.29) is 22.3 Å². The van der Waals surface area contributed by atoms with Crippen molar-refractivity contribution >= 4 is 27.1 Å². The fourth-order valence-electron chi connectivity index (χ4n) is 4.30. The van der Waals surface area contributed by atoms with Crippen LogP contribution in [0.3, 0.4) is 0 Å². The topological polar surface area (TPSA) is 0 Å². The number of hydrogen-bond acceptors (Lipinski definition) is 0. The van der Waals surface area contributed by atoms with Gasteiger partial charge in [0.1, 0.15) is 0 Å². The molecule has 0 nitrogen and oxygen atoms in total. The Morgan fingerprint density at radius 3 is 1.76 bits per heavy atom. The van der Waals surface area contributed by atoms with E-state index in [0.717, 1.165) is 18.4 Å². The summed E-state index contributed by atoms with van der Waals surface area (Å²) in [7, 11) is 0. The summed E-state index contributed by atoms with van der Waals surface area (Å²) in [6.45, 7) is 26.3. The molecule has 0 saturated carbocycles. The molecule has 0 N–H and O–H groups in total. The predicted molar refractivity (Wildman–Crippen MR) is 183 cm³/mol. The van der Waals surface area contributed by atoms with Crippen LogP contribution in [0.25, 0.3) is 27.1 Å². The summed E-state index contributed by atoms with van der Waals surface area (Å²) >= 11 is 0. The molecule has 4 rings (SSSR count). The van der Waals surface area contributed by atoms with Gasteiger partial charge in [0.2, 0.25) is 0 Å². The molecule has 1 aliphatic rings. The van der Waals surface area contributed by atoms with Crippen LogP contribution >= 0.6 is 0 Å². The van der Waals surface area contributed by atoms with Crippen LogP contribution < -0.4 is 0 Å². The van der Waals surface area contributed by atoms with Gasteiger partial charge in [-0.25, -0.2) is 0 Å². The SMILES string of the molecule is C.C.C.C=C.C=C(/C=C\CC)C1=C(/C=C\CC)C(C)c2cc3cc4ccccc4cc3cc21.C=CC.CC. The molecule has 3 aromatic carbocycles. The normalized spacial score (nSPS) is 12.9. The van der Waals surface area contributed by atoms with E-state index in [1.807, 2.05) is 20.8 Å². The van der Waals surface area contributed by atoms with Crippen LogP contribution in [0, 0.1) is 0 Å². The van der Waals surface area contributed by atoms with Crippen molar-refractivity contribution in [2.75, 3.05) is 0 Å². The van der Waals surface area contributed by atoms with Crippen molar-refractivity contribution < 1.29 is 0 Å². The van der Waals surface area contributed by atoms with E-state index in [2.05, 4.69) is 120 Å². The second-order valence-corrected chi connectivity index (χ2v) is 8.09. The summed E-state index contributed by atoms with van der Waals surface area (Å²) in [5.41, 5.74) is 6.58. The fourth-order valence-corrected chi connectivity index (χ4v) is 4.30. The molecule has 208 valence electrons. The lowest BCUT2D eigenvalue weighted by Gasteiger charge is -2.11. The van der Waals surface area contributed by atoms with Crippen LogP contribution in [0.5, 0.6) is 0 Å². The Labute approximate surface area is 236 Å². The highest BCUT2D eigenvalue weighted by atomic mass is 14.3. The molecule has 0 aliphatic heterocycles. The zero-order valence-corrected chi connectivity index (χ0v) is 22.8. The van der Waals surface area contributed by atoms with Crippen molar-refractivity contribution in [1.29, 1.82) is 0 Å². The maximum absolute atomic E-state index is 4.42. The minimum Gasteiger partial charge on any atom is -0.106 e. The van der Waals surface area contributed by atoms with Crippen molar-refractivity contribution in [2.45, 2.75) is 82.6 Å². The quantitative estimate of drug-likeness (QED) is 0.181. The second-order valence-electron chi connectivity index (χ2n) is 8.09. The van der Waals surface area contributed by atoms with Gasteiger partial charge in [0.15, 0.2) is 0 Å². The molecule has 0 bridgehead atoms. The van der Waals surface area contributed by atoms with Crippen molar-refractivity contribution in [3.63, 3.8) is 0 Å². The van der Waals surface area contributed by atoms with Crippen molar-refractivity contribution in [3.05, 3.63) is 127 Å². The van der Waals surface area contributed by atoms with Gasteiger partial charge in [-0.1, -0.05) is 118 Å². The van der Waals surface area contributed by atoms with Crippen LogP contribution in [0.4, 0.5) is 0 Å². The summed E-state index contributed by atoms with van der Waals surface area (Å²) in [5, 5.41) is 5.21. The van der Waals surface area contributed by atoms with E-state index in [0.29, 0.717) is 5.92 Å². The molecule has 0 heterocycles. The number of fused-ring (bicyclic) bond motifs is 3. The van der Waals surface area contributed by atoms with Crippen molar-refractivity contribution in [1.82, 2.24) is 0 Å². The van der Waals surface area contributed by atoms with Gasteiger partial charge in [0, 0.05) is 5.92 Å². The third kappa shape index (κ3) is 9.18. The van der Waals surface area contributed by atoms with Gasteiger partial charge < -0.3 is 0 Å². The Morgan fingerprint density at radius 1 is 0.816 bits per heavy atom. The zero-order valence-electron chi connectivity index (χ0n) is 22.8. The Balaban J connectivity index is -0.00000112. The second kappa shape index (κ2) is 20.7. The van der Waals surface area contributed by atoms with Crippen LogP contribution in [0.15, 0.2) is 116 Å². The molecule has 1 aliphatic carbocycles. The van der Waals surface area contributed by atoms with E-state index in [9.17, 15) is 0 Å². The molecule has 1 atom stereocenters. The van der Waals surface area contributed by atoms with Gasteiger partial charge in [0.25, 0.3) is 0 Å². The maximum Gasteiger partial charge on any atom is 0.00736 e. The average Bonchev–Trinajstić information content (AvgIpc) is 3.16. The minimum atomic E-state index is 0. The van der Waals surface area contributed by atoms with Crippen molar-refractivity contribution in [2.24, 2.45) is 0 Å². The molecule has 3 aromatic rings. The highest BCUT2D eigenvalue weighted by molar-refractivity contribution is 6.02. The van der Waals surface area contributed by atoms with Crippen LogP contribution in [-0.2, 0) is 0 Å². The van der Waals surface area contributed by atoms with Gasteiger partial charge in [-0.3, -0.25) is 0 Å². The highest BCUT2D eigenvalue weighted by Crippen LogP contribution is 2.47. The third-order valence-corrected chi connectivity index (χ3v) is 5.77. The Morgan fingerprint density at radius 2 is 1.29 bits per heavy atom. The number of allylic oxidation sites excluding steroid dienone is 8.